The molecule has 3 heterocycles. The molecule has 0 unspecified atom stereocenters. The van der Waals surface area contributed by atoms with Gasteiger partial charge in [0.2, 0.25) is 0 Å². The Morgan fingerprint density at radius 1 is 0.786 bits per heavy atom. The SMILES string of the molecule is Cc1ccc(C)c(C(=O)N2CCN(c3ccc(N4CCCCC4)nn3)CC2)c1. The molecule has 2 aliphatic rings. The van der Waals surface area contributed by atoms with Crippen molar-refractivity contribution in [3.63, 3.8) is 0 Å². The molecule has 1 amide bonds. The third-order valence-electron chi connectivity index (χ3n) is 5.83. The second-order valence-electron chi connectivity index (χ2n) is 7.90. The van der Waals surface area contributed by atoms with E-state index in [1.807, 2.05) is 30.9 Å². The highest BCUT2D eigenvalue weighted by Gasteiger charge is 2.24. The molecule has 0 N–H and O–H groups in total. The summed E-state index contributed by atoms with van der Waals surface area (Å²) < 4.78 is 0. The van der Waals surface area contributed by atoms with Gasteiger partial charge in [-0.2, -0.15) is 0 Å². The van der Waals surface area contributed by atoms with Crippen molar-refractivity contribution < 1.29 is 4.79 Å². The van der Waals surface area contributed by atoms with E-state index in [1.165, 1.54) is 19.3 Å². The molecule has 1 aromatic carbocycles. The van der Waals surface area contributed by atoms with Gasteiger partial charge in [0.15, 0.2) is 11.6 Å². The number of aromatic nitrogens is 2. The molecule has 1 aromatic heterocycles. The maximum atomic E-state index is 12.9. The number of amides is 1. The molecule has 2 saturated heterocycles. The average molecular weight is 380 g/mol. The van der Waals surface area contributed by atoms with E-state index in [1.54, 1.807) is 0 Å². The summed E-state index contributed by atoms with van der Waals surface area (Å²) in [7, 11) is 0. The van der Waals surface area contributed by atoms with Crippen LogP contribution in [-0.2, 0) is 0 Å². The molecular weight excluding hydrogens is 350 g/mol. The van der Waals surface area contributed by atoms with Crippen molar-refractivity contribution in [1.82, 2.24) is 15.1 Å². The van der Waals surface area contributed by atoms with Gasteiger partial charge in [-0.25, -0.2) is 0 Å². The third-order valence-corrected chi connectivity index (χ3v) is 5.83. The molecule has 6 nitrogen and oxygen atoms in total. The summed E-state index contributed by atoms with van der Waals surface area (Å²) in [6, 6.07) is 10.2. The average Bonchev–Trinajstić information content (AvgIpc) is 2.76. The molecule has 148 valence electrons. The fourth-order valence-corrected chi connectivity index (χ4v) is 4.05. The number of carbonyl (C=O) groups is 1. The van der Waals surface area contributed by atoms with E-state index < -0.39 is 0 Å². The van der Waals surface area contributed by atoms with E-state index in [4.69, 9.17) is 0 Å². The number of carbonyl (C=O) groups excluding carboxylic acids is 1. The summed E-state index contributed by atoms with van der Waals surface area (Å²) >= 11 is 0. The van der Waals surface area contributed by atoms with Gasteiger partial charge >= 0.3 is 0 Å². The number of piperazine rings is 1. The van der Waals surface area contributed by atoms with E-state index in [0.717, 1.165) is 54.5 Å². The van der Waals surface area contributed by atoms with Crippen molar-refractivity contribution in [2.45, 2.75) is 33.1 Å². The van der Waals surface area contributed by atoms with Gasteiger partial charge in [-0.3, -0.25) is 4.79 Å². The van der Waals surface area contributed by atoms with Crippen LogP contribution in [-0.4, -0.2) is 60.3 Å². The van der Waals surface area contributed by atoms with Crippen LogP contribution in [0.3, 0.4) is 0 Å². The zero-order valence-electron chi connectivity index (χ0n) is 16.9. The molecule has 0 radical (unpaired) electrons. The number of benzene rings is 1. The normalized spacial score (nSPS) is 17.7. The van der Waals surface area contributed by atoms with Gasteiger partial charge < -0.3 is 14.7 Å². The maximum absolute atomic E-state index is 12.9. The first-order chi connectivity index (χ1) is 13.6. The van der Waals surface area contributed by atoms with Gasteiger partial charge in [-0.15, -0.1) is 10.2 Å². The topological polar surface area (TPSA) is 52.6 Å². The predicted octanol–water partition coefficient (Wildman–Crippen LogP) is 3.05. The van der Waals surface area contributed by atoms with Crippen LogP contribution in [0, 0.1) is 13.8 Å². The first-order valence-electron chi connectivity index (χ1n) is 10.3. The highest BCUT2D eigenvalue weighted by molar-refractivity contribution is 5.96. The van der Waals surface area contributed by atoms with Gasteiger partial charge in [0.05, 0.1) is 0 Å². The molecule has 0 aliphatic carbocycles. The zero-order chi connectivity index (χ0) is 19.5. The van der Waals surface area contributed by atoms with E-state index in [2.05, 4.69) is 38.2 Å². The number of nitrogens with zero attached hydrogens (tertiary/aromatic N) is 5. The Hall–Kier alpha value is -2.63. The van der Waals surface area contributed by atoms with Gasteiger partial charge in [-0.05, 0) is 56.9 Å². The Kier molecular flexibility index (Phi) is 5.46. The molecule has 0 spiro atoms. The number of hydrogen-bond acceptors (Lipinski definition) is 5. The van der Waals surface area contributed by atoms with Crippen LogP contribution in [0.15, 0.2) is 30.3 Å². The lowest BCUT2D eigenvalue weighted by atomic mass is 10.0. The first-order valence-corrected chi connectivity index (χ1v) is 10.3. The Morgan fingerprint density at radius 3 is 2.00 bits per heavy atom. The van der Waals surface area contributed by atoms with Crippen molar-refractivity contribution in [2.24, 2.45) is 0 Å². The fourth-order valence-electron chi connectivity index (χ4n) is 4.05. The Bertz CT molecular complexity index is 821. The monoisotopic (exact) mass is 379 g/mol. The van der Waals surface area contributed by atoms with Crippen LogP contribution in [0.2, 0.25) is 0 Å². The van der Waals surface area contributed by atoms with Crippen molar-refractivity contribution in [1.29, 1.82) is 0 Å². The number of aryl methyl sites for hydroxylation is 2. The van der Waals surface area contributed by atoms with E-state index in [9.17, 15) is 4.79 Å². The number of hydrogen-bond donors (Lipinski definition) is 0. The van der Waals surface area contributed by atoms with Crippen LogP contribution >= 0.6 is 0 Å². The van der Waals surface area contributed by atoms with Crippen LogP contribution < -0.4 is 9.80 Å². The van der Waals surface area contributed by atoms with Gasteiger partial charge in [0, 0.05) is 44.8 Å². The minimum Gasteiger partial charge on any atom is -0.355 e. The maximum Gasteiger partial charge on any atom is 0.254 e. The molecule has 6 heteroatoms. The Morgan fingerprint density at radius 2 is 1.39 bits per heavy atom. The van der Waals surface area contributed by atoms with Crippen LogP contribution in [0.25, 0.3) is 0 Å². The lowest BCUT2D eigenvalue weighted by molar-refractivity contribution is 0.0745. The molecular formula is C22H29N5O. The first kappa shape index (κ1) is 18.7. The number of rotatable bonds is 3. The summed E-state index contributed by atoms with van der Waals surface area (Å²) in [6.07, 6.45) is 3.78. The molecule has 28 heavy (non-hydrogen) atoms. The van der Waals surface area contributed by atoms with Crippen molar-refractivity contribution in [2.75, 3.05) is 49.1 Å². The molecule has 0 saturated carbocycles. The van der Waals surface area contributed by atoms with Gasteiger partial charge in [0.1, 0.15) is 0 Å². The highest BCUT2D eigenvalue weighted by atomic mass is 16.2. The third kappa shape index (κ3) is 3.96. The summed E-state index contributed by atoms with van der Waals surface area (Å²) in [5, 5.41) is 8.92. The second kappa shape index (κ2) is 8.17. The molecule has 0 bridgehead atoms. The molecule has 0 atom stereocenters. The fraction of sp³-hybridized carbons (Fsp3) is 0.500. The van der Waals surface area contributed by atoms with E-state index >= 15 is 0 Å². The van der Waals surface area contributed by atoms with Crippen molar-refractivity contribution >= 4 is 17.5 Å². The Labute approximate surface area is 167 Å². The van der Waals surface area contributed by atoms with E-state index in [0.29, 0.717) is 13.1 Å². The van der Waals surface area contributed by atoms with Gasteiger partial charge in [-0.1, -0.05) is 17.7 Å². The number of anilines is 2. The predicted molar refractivity (Wildman–Crippen MR) is 112 cm³/mol. The summed E-state index contributed by atoms with van der Waals surface area (Å²) in [5.74, 6) is 2.01. The quantitative estimate of drug-likeness (QED) is 0.820. The van der Waals surface area contributed by atoms with Crippen LogP contribution in [0.4, 0.5) is 11.6 Å². The number of piperidine rings is 1. The van der Waals surface area contributed by atoms with Gasteiger partial charge in [0.25, 0.3) is 5.91 Å². The highest BCUT2D eigenvalue weighted by Crippen LogP contribution is 2.21. The minimum absolute atomic E-state index is 0.132. The van der Waals surface area contributed by atoms with Crippen LogP contribution in [0.5, 0.6) is 0 Å². The molecule has 4 rings (SSSR count). The van der Waals surface area contributed by atoms with Crippen molar-refractivity contribution in [3.8, 4) is 0 Å². The van der Waals surface area contributed by atoms with Crippen LogP contribution in [0.1, 0.15) is 40.7 Å². The lowest BCUT2D eigenvalue weighted by Crippen LogP contribution is -2.49. The zero-order valence-corrected chi connectivity index (χ0v) is 16.9. The Balaban J connectivity index is 1.37. The van der Waals surface area contributed by atoms with E-state index in [-0.39, 0.29) is 5.91 Å². The molecule has 2 aliphatic heterocycles. The second-order valence-corrected chi connectivity index (χ2v) is 7.90. The van der Waals surface area contributed by atoms with Crippen molar-refractivity contribution in [3.05, 3.63) is 47.0 Å². The standard InChI is InChI=1S/C22H29N5O/c1-17-6-7-18(2)19(16-17)22(28)27-14-12-26(13-15-27)21-9-8-20(23-24-21)25-10-4-3-5-11-25/h6-9,16H,3-5,10-15H2,1-2H3. The summed E-state index contributed by atoms with van der Waals surface area (Å²) in [5.41, 5.74) is 2.98. The lowest BCUT2D eigenvalue weighted by Gasteiger charge is -2.35. The summed E-state index contributed by atoms with van der Waals surface area (Å²) in [4.78, 5) is 19.4. The largest absolute Gasteiger partial charge is 0.355 e. The molecule has 2 aromatic rings. The minimum atomic E-state index is 0.132. The smallest absolute Gasteiger partial charge is 0.254 e. The molecule has 2 fully saturated rings. The summed E-state index contributed by atoms with van der Waals surface area (Å²) in [6.45, 7) is 9.18.